The predicted octanol–water partition coefficient (Wildman–Crippen LogP) is 3.50. The molecule has 6 nitrogen and oxygen atoms in total. The number of hydrogen-bond acceptors (Lipinski definition) is 3. The zero-order chi connectivity index (χ0) is 17.1. The molecule has 1 aliphatic rings. The number of carbonyl (C=O) groups excluding carboxylic acids is 1. The molecule has 1 N–H and O–H groups in total. The fraction of sp³-hybridized carbons (Fsp3) is 0.444. The summed E-state index contributed by atoms with van der Waals surface area (Å²) in [6.07, 6.45) is 4.88. The molecular formula is C18H24N4O2. The molecular weight excluding hydrogens is 304 g/mol. The van der Waals surface area contributed by atoms with E-state index in [0.29, 0.717) is 5.75 Å². The highest BCUT2D eigenvalue weighted by atomic mass is 16.5. The fourth-order valence-electron chi connectivity index (χ4n) is 3.34. The monoisotopic (exact) mass is 328 g/mol. The zero-order valence-electron chi connectivity index (χ0n) is 14.5. The maximum Gasteiger partial charge on any atom is 0.322 e. The Bertz CT molecular complexity index is 726. The summed E-state index contributed by atoms with van der Waals surface area (Å²) in [4.78, 5) is 14.8. The summed E-state index contributed by atoms with van der Waals surface area (Å²) >= 11 is 0. The number of likely N-dealkylation sites (tertiary alicyclic amines) is 1. The lowest BCUT2D eigenvalue weighted by molar-refractivity contribution is 0.159. The highest BCUT2D eigenvalue weighted by molar-refractivity contribution is 5.92. The van der Waals surface area contributed by atoms with Gasteiger partial charge in [0.2, 0.25) is 0 Å². The minimum Gasteiger partial charge on any atom is -0.495 e. The number of hydrogen-bond donors (Lipinski definition) is 1. The van der Waals surface area contributed by atoms with Crippen LogP contribution >= 0.6 is 0 Å². The van der Waals surface area contributed by atoms with E-state index in [4.69, 9.17) is 4.74 Å². The summed E-state index contributed by atoms with van der Waals surface area (Å²) in [6, 6.07) is 7.70. The molecule has 0 radical (unpaired) electrons. The molecule has 128 valence electrons. The molecule has 0 bridgehead atoms. The van der Waals surface area contributed by atoms with E-state index in [0.717, 1.165) is 42.8 Å². The first-order valence-electron chi connectivity index (χ1n) is 8.31. The lowest BCUT2D eigenvalue weighted by Gasteiger charge is -2.36. The highest BCUT2D eigenvalue weighted by Gasteiger charge is 2.30. The van der Waals surface area contributed by atoms with Gasteiger partial charge >= 0.3 is 6.03 Å². The molecule has 2 aromatic rings. The molecule has 1 saturated heterocycles. The first-order valence-corrected chi connectivity index (χ1v) is 8.31. The van der Waals surface area contributed by atoms with Gasteiger partial charge in [-0.25, -0.2) is 4.79 Å². The van der Waals surface area contributed by atoms with Crippen LogP contribution in [0, 0.1) is 6.92 Å². The molecule has 0 aliphatic carbocycles. The number of nitrogens with zero attached hydrogens (tertiary/aromatic N) is 3. The van der Waals surface area contributed by atoms with Gasteiger partial charge in [0.1, 0.15) is 5.75 Å². The number of rotatable bonds is 3. The standard InChI is InChI=1S/C18H24N4O2/c1-13-7-6-9-16(24-3)17(13)20-18(23)22-12-5-4-8-15(22)14-10-11-19-21(14)2/h6-7,9-11,15H,4-5,8,12H2,1-3H3,(H,20,23)/t15-/m1/s1. The van der Waals surface area contributed by atoms with E-state index in [9.17, 15) is 4.79 Å². The second kappa shape index (κ2) is 6.95. The van der Waals surface area contributed by atoms with Crippen molar-refractivity contribution in [2.75, 3.05) is 19.0 Å². The number of nitrogens with one attached hydrogen (secondary N) is 1. The normalized spacial score (nSPS) is 17.6. The van der Waals surface area contributed by atoms with Crippen LogP contribution < -0.4 is 10.1 Å². The lowest BCUT2D eigenvalue weighted by atomic mass is 9.99. The number of anilines is 1. The molecule has 1 fully saturated rings. The van der Waals surface area contributed by atoms with Gasteiger partial charge in [-0.05, 0) is 43.9 Å². The molecule has 3 rings (SSSR count). The first kappa shape index (κ1) is 16.4. The molecule has 0 unspecified atom stereocenters. The number of piperidine rings is 1. The Kier molecular flexibility index (Phi) is 4.74. The van der Waals surface area contributed by atoms with Crippen molar-refractivity contribution in [3.05, 3.63) is 41.7 Å². The van der Waals surface area contributed by atoms with Gasteiger partial charge in [-0.15, -0.1) is 0 Å². The van der Waals surface area contributed by atoms with Crippen molar-refractivity contribution in [3.8, 4) is 5.75 Å². The van der Waals surface area contributed by atoms with E-state index < -0.39 is 0 Å². The third kappa shape index (κ3) is 3.09. The molecule has 24 heavy (non-hydrogen) atoms. The maximum absolute atomic E-state index is 12.9. The minimum absolute atomic E-state index is 0.0567. The van der Waals surface area contributed by atoms with Crippen molar-refractivity contribution in [2.45, 2.75) is 32.2 Å². The Morgan fingerprint density at radius 2 is 2.17 bits per heavy atom. The number of urea groups is 1. The third-order valence-electron chi connectivity index (χ3n) is 4.65. The Balaban J connectivity index is 1.84. The van der Waals surface area contributed by atoms with Gasteiger partial charge in [0.25, 0.3) is 0 Å². The number of amides is 2. The molecule has 1 aromatic heterocycles. The second-order valence-corrected chi connectivity index (χ2v) is 6.17. The molecule has 0 saturated carbocycles. The molecule has 0 spiro atoms. The van der Waals surface area contributed by atoms with Gasteiger partial charge < -0.3 is 15.0 Å². The average Bonchev–Trinajstić information content (AvgIpc) is 3.02. The van der Waals surface area contributed by atoms with Crippen LogP contribution in [-0.2, 0) is 7.05 Å². The number of benzene rings is 1. The van der Waals surface area contributed by atoms with E-state index in [1.165, 1.54) is 0 Å². The fourth-order valence-corrected chi connectivity index (χ4v) is 3.34. The van der Waals surface area contributed by atoms with Crippen LogP contribution in [0.25, 0.3) is 0 Å². The maximum atomic E-state index is 12.9. The van der Waals surface area contributed by atoms with Crippen molar-refractivity contribution in [2.24, 2.45) is 7.05 Å². The quantitative estimate of drug-likeness (QED) is 0.938. The van der Waals surface area contributed by atoms with Gasteiger partial charge in [0.05, 0.1) is 24.5 Å². The zero-order valence-corrected chi connectivity index (χ0v) is 14.5. The largest absolute Gasteiger partial charge is 0.495 e. The van der Waals surface area contributed by atoms with Gasteiger partial charge in [0.15, 0.2) is 0 Å². The molecule has 1 atom stereocenters. The summed E-state index contributed by atoms with van der Waals surface area (Å²) in [7, 11) is 3.54. The van der Waals surface area contributed by atoms with E-state index in [1.54, 1.807) is 13.3 Å². The molecule has 2 heterocycles. The Labute approximate surface area is 142 Å². The van der Waals surface area contributed by atoms with Crippen LogP contribution in [0.15, 0.2) is 30.5 Å². The predicted molar refractivity (Wildman–Crippen MR) is 93.3 cm³/mol. The number of aromatic nitrogens is 2. The molecule has 2 amide bonds. The molecule has 6 heteroatoms. The first-order chi connectivity index (χ1) is 11.6. The van der Waals surface area contributed by atoms with E-state index in [-0.39, 0.29) is 12.1 Å². The molecule has 1 aliphatic heterocycles. The van der Waals surface area contributed by atoms with Crippen LogP contribution in [0.4, 0.5) is 10.5 Å². The van der Waals surface area contributed by atoms with Crippen molar-refractivity contribution in [1.29, 1.82) is 0 Å². The average molecular weight is 328 g/mol. The van der Waals surface area contributed by atoms with E-state index >= 15 is 0 Å². The smallest absolute Gasteiger partial charge is 0.322 e. The minimum atomic E-state index is -0.0894. The number of carbonyl (C=O) groups is 1. The van der Waals surface area contributed by atoms with Crippen molar-refractivity contribution >= 4 is 11.7 Å². The number of para-hydroxylation sites is 1. The summed E-state index contributed by atoms with van der Waals surface area (Å²) < 4.78 is 7.24. The Morgan fingerprint density at radius 3 is 2.88 bits per heavy atom. The molecule has 1 aromatic carbocycles. The van der Waals surface area contributed by atoms with Gasteiger partial charge in [-0.3, -0.25) is 4.68 Å². The second-order valence-electron chi connectivity index (χ2n) is 6.17. The van der Waals surface area contributed by atoms with Crippen LogP contribution in [0.3, 0.4) is 0 Å². The summed E-state index contributed by atoms with van der Waals surface area (Å²) in [5.41, 5.74) is 2.79. The van der Waals surface area contributed by atoms with Crippen molar-refractivity contribution < 1.29 is 9.53 Å². The topological polar surface area (TPSA) is 59.4 Å². The van der Waals surface area contributed by atoms with Crippen LogP contribution in [-0.4, -0.2) is 34.4 Å². The number of methoxy groups -OCH3 is 1. The van der Waals surface area contributed by atoms with Crippen LogP contribution in [0.2, 0.25) is 0 Å². The number of aryl methyl sites for hydroxylation is 2. The third-order valence-corrected chi connectivity index (χ3v) is 4.65. The SMILES string of the molecule is COc1cccc(C)c1NC(=O)N1CCCC[C@@H]1c1ccnn1C. The van der Waals surface area contributed by atoms with E-state index in [1.807, 2.05) is 47.8 Å². The van der Waals surface area contributed by atoms with Crippen molar-refractivity contribution in [3.63, 3.8) is 0 Å². The lowest BCUT2D eigenvalue weighted by Crippen LogP contribution is -2.42. The summed E-state index contributed by atoms with van der Waals surface area (Å²) in [6.45, 7) is 2.71. The summed E-state index contributed by atoms with van der Waals surface area (Å²) in [5, 5.41) is 7.29. The highest BCUT2D eigenvalue weighted by Crippen LogP contribution is 2.33. The van der Waals surface area contributed by atoms with Gasteiger partial charge in [-0.1, -0.05) is 12.1 Å². The number of ether oxygens (including phenoxy) is 1. The van der Waals surface area contributed by atoms with Gasteiger partial charge in [-0.2, -0.15) is 5.10 Å². The van der Waals surface area contributed by atoms with E-state index in [2.05, 4.69) is 10.4 Å². The van der Waals surface area contributed by atoms with Crippen LogP contribution in [0.5, 0.6) is 5.75 Å². The summed E-state index contributed by atoms with van der Waals surface area (Å²) in [5.74, 6) is 0.678. The Morgan fingerprint density at radius 1 is 1.33 bits per heavy atom. The van der Waals surface area contributed by atoms with Crippen molar-refractivity contribution in [1.82, 2.24) is 14.7 Å². The Hall–Kier alpha value is -2.50. The van der Waals surface area contributed by atoms with Gasteiger partial charge in [0, 0.05) is 19.8 Å². The van der Waals surface area contributed by atoms with Crippen LogP contribution in [0.1, 0.15) is 36.6 Å².